The Hall–Kier alpha value is -2.36. The minimum absolute atomic E-state index is 0.0297. The van der Waals surface area contributed by atoms with Gasteiger partial charge in [-0.25, -0.2) is 14.3 Å². The molecule has 7 nitrogen and oxygen atoms in total. The van der Waals surface area contributed by atoms with Crippen LogP contribution >= 0.6 is 0 Å². The first kappa shape index (κ1) is 24.8. The van der Waals surface area contributed by atoms with E-state index in [1.165, 1.54) is 0 Å². The van der Waals surface area contributed by atoms with Gasteiger partial charge in [0.1, 0.15) is 11.7 Å². The lowest BCUT2D eigenvalue weighted by Crippen LogP contribution is -2.48. The molecule has 1 aliphatic carbocycles. The molecule has 3 heterocycles. The summed E-state index contributed by atoms with van der Waals surface area (Å²) in [4.78, 5) is 18.9. The van der Waals surface area contributed by atoms with Gasteiger partial charge >= 0.3 is 12.3 Å². The molecule has 0 bridgehead atoms. The first-order valence-corrected chi connectivity index (χ1v) is 11.9. The maximum Gasteiger partial charge on any atom is 0.410 e. The van der Waals surface area contributed by atoms with Crippen LogP contribution in [0.2, 0.25) is 0 Å². The molecular weight excluding hydrogens is 449 g/mol. The van der Waals surface area contributed by atoms with E-state index in [2.05, 4.69) is 4.98 Å². The fourth-order valence-electron chi connectivity index (χ4n) is 4.88. The molecule has 0 spiro atoms. The third kappa shape index (κ3) is 5.47. The van der Waals surface area contributed by atoms with Crippen LogP contribution in [0.4, 0.5) is 18.0 Å². The highest BCUT2D eigenvalue weighted by Gasteiger charge is 2.42. The van der Waals surface area contributed by atoms with E-state index < -0.39 is 29.9 Å². The molecule has 0 N–H and O–H groups in total. The Balaban J connectivity index is 1.58. The molecule has 1 amide bonds. The molecule has 2 atom stereocenters. The molecule has 188 valence electrons. The van der Waals surface area contributed by atoms with Crippen LogP contribution in [-0.2, 0) is 9.47 Å². The number of rotatable bonds is 2. The number of nitrogens with zero attached hydrogens (tertiary/aromatic N) is 4. The third-order valence-electron chi connectivity index (χ3n) is 6.45. The first-order chi connectivity index (χ1) is 15.8. The normalized spacial score (nSPS) is 26.6. The second-order valence-corrected chi connectivity index (χ2v) is 10.6. The summed E-state index contributed by atoms with van der Waals surface area (Å²) in [7, 11) is 0. The summed E-state index contributed by atoms with van der Waals surface area (Å²) in [6.07, 6.45) is -4.03. The molecule has 1 saturated carbocycles. The van der Waals surface area contributed by atoms with Gasteiger partial charge in [0, 0.05) is 17.7 Å². The summed E-state index contributed by atoms with van der Waals surface area (Å²) in [6, 6.07) is 3.76. The number of fused-ring (bicyclic) bond motifs is 1. The average molecular weight is 483 g/mol. The topological polar surface area (TPSA) is 69.0 Å². The zero-order valence-corrected chi connectivity index (χ0v) is 20.4. The van der Waals surface area contributed by atoms with Crippen LogP contribution in [0.1, 0.15) is 82.5 Å². The van der Waals surface area contributed by atoms with E-state index in [9.17, 15) is 18.0 Å². The van der Waals surface area contributed by atoms with E-state index >= 15 is 0 Å². The van der Waals surface area contributed by atoms with Gasteiger partial charge in [0.2, 0.25) is 0 Å². The van der Waals surface area contributed by atoms with Crippen molar-refractivity contribution in [2.24, 2.45) is 5.92 Å². The van der Waals surface area contributed by atoms with E-state index in [0.29, 0.717) is 31.6 Å². The second kappa shape index (κ2) is 9.02. The number of ether oxygens (including phenoxy) is 2. The van der Waals surface area contributed by atoms with Crippen LogP contribution in [0.3, 0.4) is 0 Å². The lowest BCUT2D eigenvalue weighted by Gasteiger charge is -2.37. The lowest BCUT2D eigenvalue weighted by molar-refractivity contribution is -0.182. The van der Waals surface area contributed by atoms with Crippen molar-refractivity contribution in [3.8, 4) is 0 Å². The highest BCUT2D eigenvalue weighted by atomic mass is 19.4. The Morgan fingerprint density at radius 3 is 2.41 bits per heavy atom. The van der Waals surface area contributed by atoms with Gasteiger partial charge in [-0.15, -0.1) is 0 Å². The molecule has 1 saturated heterocycles. The summed E-state index contributed by atoms with van der Waals surface area (Å²) >= 11 is 0. The number of alkyl halides is 3. The molecule has 2 fully saturated rings. The average Bonchev–Trinajstić information content (AvgIpc) is 3.15. The second-order valence-electron chi connectivity index (χ2n) is 10.6. The summed E-state index contributed by atoms with van der Waals surface area (Å²) in [5, 5.41) is 4.75. The Morgan fingerprint density at radius 1 is 1.12 bits per heavy atom. The SMILES string of the molecule is Cc1cc([C@H]2CN(C(=O)OC(C)(C)C)C[C@H](C)O2)n2nc([C@H]3CC[C@H](C(F)(F)F)CC3)cc2n1. The van der Waals surface area contributed by atoms with E-state index in [1.54, 1.807) is 9.42 Å². The molecule has 2 aromatic heterocycles. The largest absolute Gasteiger partial charge is 0.444 e. The zero-order chi connectivity index (χ0) is 24.8. The van der Waals surface area contributed by atoms with Gasteiger partial charge < -0.3 is 14.4 Å². The Kier molecular flexibility index (Phi) is 6.56. The fourth-order valence-corrected chi connectivity index (χ4v) is 4.88. The van der Waals surface area contributed by atoms with E-state index in [-0.39, 0.29) is 24.9 Å². The van der Waals surface area contributed by atoms with Gasteiger partial charge in [-0.3, -0.25) is 0 Å². The van der Waals surface area contributed by atoms with Crippen molar-refractivity contribution in [3.63, 3.8) is 0 Å². The smallest absolute Gasteiger partial charge is 0.410 e. The summed E-state index contributed by atoms with van der Waals surface area (Å²) in [6.45, 7) is 10.0. The number of carbonyl (C=O) groups excluding carboxylic acids is 1. The summed E-state index contributed by atoms with van der Waals surface area (Å²) in [5.74, 6) is -1.26. The summed E-state index contributed by atoms with van der Waals surface area (Å²) < 4.78 is 52.7. The van der Waals surface area contributed by atoms with E-state index in [0.717, 1.165) is 17.1 Å². The van der Waals surface area contributed by atoms with Crippen molar-refractivity contribution in [1.29, 1.82) is 0 Å². The van der Waals surface area contributed by atoms with Crippen LogP contribution in [0.15, 0.2) is 12.1 Å². The molecule has 10 heteroatoms. The van der Waals surface area contributed by atoms with Crippen molar-refractivity contribution in [2.45, 2.75) is 90.2 Å². The third-order valence-corrected chi connectivity index (χ3v) is 6.45. The van der Waals surface area contributed by atoms with Gasteiger partial charge in [0.15, 0.2) is 5.65 Å². The highest BCUT2D eigenvalue weighted by Crippen LogP contribution is 2.42. The minimum atomic E-state index is -4.13. The van der Waals surface area contributed by atoms with Crippen LogP contribution in [0.5, 0.6) is 0 Å². The zero-order valence-electron chi connectivity index (χ0n) is 20.4. The van der Waals surface area contributed by atoms with E-state index in [1.807, 2.05) is 46.8 Å². The Morgan fingerprint density at radius 2 is 1.79 bits per heavy atom. The van der Waals surface area contributed by atoms with Crippen molar-refractivity contribution in [2.75, 3.05) is 13.1 Å². The number of hydrogen-bond acceptors (Lipinski definition) is 5. The molecule has 34 heavy (non-hydrogen) atoms. The van der Waals surface area contributed by atoms with Crippen molar-refractivity contribution < 1.29 is 27.4 Å². The summed E-state index contributed by atoms with van der Waals surface area (Å²) in [5.41, 5.74) is 2.33. The molecule has 2 aromatic rings. The van der Waals surface area contributed by atoms with Gasteiger partial charge in [0.25, 0.3) is 0 Å². The predicted molar refractivity (Wildman–Crippen MR) is 120 cm³/mol. The van der Waals surface area contributed by atoms with Crippen LogP contribution in [0, 0.1) is 12.8 Å². The quantitative estimate of drug-likeness (QED) is 0.560. The predicted octanol–water partition coefficient (Wildman–Crippen LogP) is 5.57. The molecule has 4 rings (SSSR count). The van der Waals surface area contributed by atoms with Crippen molar-refractivity contribution >= 4 is 11.7 Å². The van der Waals surface area contributed by atoms with Gasteiger partial charge in [-0.1, -0.05) is 0 Å². The monoisotopic (exact) mass is 482 g/mol. The van der Waals surface area contributed by atoms with Gasteiger partial charge in [-0.2, -0.15) is 18.3 Å². The first-order valence-electron chi connectivity index (χ1n) is 11.9. The highest BCUT2D eigenvalue weighted by molar-refractivity contribution is 5.68. The Labute approximate surface area is 197 Å². The molecular formula is C24H33F3N4O3. The van der Waals surface area contributed by atoms with Crippen molar-refractivity contribution in [3.05, 3.63) is 29.2 Å². The molecule has 0 radical (unpaired) electrons. The number of hydrogen-bond donors (Lipinski definition) is 0. The van der Waals surface area contributed by atoms with E-state index in [4.69, 9.17) is 14.6 Å². The standard InChI is InChI=1S/C24H33F3N4O3/c1-14-10-19(20-13-30(12-15(2)33-20)22(32)34-23(3,4)5)31-21(28-14)11-18(29-31)16-6-8-17(9-7-16)24(25,26)27/h10-11,15-17,20H,6-9,12-13H2,1-5H3/t15-,16-,17-,20+/m0/s1. The lowest BCUT2D eigenvalue weighted by atomic mass is 9.80. The molecule has 0 unspecified atom stereocenters. The number of morpholine rings is 1. The Bertz CT molecular complexity index is 1040. The van der Waals surface area contributed by atoms with Crippen LogP contribution < -0.4 is 0 Å². The molecule has 1 aliphatic heterocycles. The number of carbonyl (C=O) groups is 1. The minimum Gasteiger partial charge on any atom is -0.444 e. The number of amides is 1. The maximum atomic E-state index is 13.1. The van der Waals surface area contributed by atoms with Gasteiger partial charge in [0.05, 0.1) is 36.5 Å². The fraction of sp³-hybridized carbons (Fsp3) is 0.708. The maximum absolute atomic E-state index is 13.1. The van der Waals surface area contributed by atoms with Crippen LogP contribution in [-0.4, -0.2) is 56.6 Å². The number of aromatic nitrogens is 3. The number of aryl methyl sites for hydroxylation is 1. The molecule has 2 aliphatic rings. The molecule has 0 aromatic carbocycles. The van der Waals surface area contributed by atoms with Crippen molar-refractivity contribution in [1.82, 2.24) is 19.5 Å². The van der Waals surface area contributed by atoms with Gasteiger partial charge in [-0.05, 0) is 66.4 Å². The number of halogens is 3. The van der Waals surface area contributed by atoms with Crippen LogP contribution in [0.25, 0.3) is 5.65 Å².